The highest BCUT2D eigenvalue weighted by molar-refractivity contribution is 7.87. The lowest BCUT2D eigenvalue weighted by molar-refractivity contribution is 0.578. The molecule has 0 saturated carbocycles. The lowest BCUT2D eigenvalue weighted by atomic mass is 10.2. The van der Waals surface area contributed by atoms with E-state index in [1.54, 1.807) is 6.08 Å². The van der Waals surface area contributed by atoms with E-state index in [2.05, 4.69) is 6.58 Å². The van der Waals surface area contributed by atoms with Crippen LogP contribution in [0.4, 0.5) is 0 Å². The van der Waals surface area contributed by atoms with Gasteiger partial charge >= 0.3 is 0 Å². The van der Waals surface area contributed by atoms with Crippen molar-refractivity contribution >= 4 is 11.0 Å². The fraction of sp³-hybridized carbons (Fsp3) is 0.455. The quantitative estimate of drug-likeness (QED) is 0.646. The van der Waals surface area contributed by atoms with Gasteiger partial charge in [-0.25, -0.2) is 8.51 Å². The molecule has 3 heteroatoms. The van der Waals surface area contributed by atoms with E-state index in [-0.39, 0.29) is 0 Å². The zero-order chi connectivity index (χ0) is 11.1. The Morgan fingerprint density at radius 1 is 1.50 bits per heavy atom. The maximum absolute atomic E-state index is 11.5. The van der Waals surface area contributed by atoms with Crippen molar-refractivity contribution in [3.63, 3.8) is 0 Å². The molecule has 1 aliphatic rings. The van der Waals surface area contributed by atoms with Gasteiger partial charge in [0.1, 0.15) is 11.0 Å². The van der Waals surface area contributed by atoms with Gasteiger partial charge in [0.25, 0.3) is 0 Å². The van der Waals surface area contributed by atoms with Crippen LogP contribution in [0.15, 0.2) is 35.3 Å². The summed E-state index contributed by atoms with van der Waals surface area (Å²) in [4.78, 5) is 0.914. The third kappa shape index (κ3) is 3.24. The van der Waals surface area contributed by atoms with Crippen molar-refractivity contribution in [2.75, 3.05) is 13.6 Å². The van der Waals surface area contributed by atoms with Crippen LogP contribution in [0.1, 0.15) is 20.8 Å². The van der Waals surface area contributed by atoms with Gasteiger partial charge in [0.05, 0.1) is 4.91 Å². The van der Waals surface area contributed by atoms with Gasteiger partial charge in [-0.1, -0.05) is 32.6 Å². The Bertz CT molecular complexity index is 279. The van der Waals surface area contributed by atoms with Crippen LogP contribution < -0.4 is 0 Å². The first-order valence-corrected chi connectivity index (χ1v) is 5.89. The van der Waals surface area contributed by atoms with Crippen molar-refractivity contribution in [1.82, 2.24) is 4.31 Å². The number of allylic oxidation sites excluding steroid dienone is 3. The average Bonchev–Trinajstić information content (AvgIpc) is 2.43. The molecule has 0 N–H and O–H groups in total. The highest BCUT2D eigenvalue weighted by Gasteiger charge is 2.21. The van der Waals surface area contributed by atoms with Gasteiger partial charge < -0.3 is 0 Å². The minimum atomic E-state index is -0.959. The molecule has 2 nitrogen and oxygen atoms in total. The summed E-state index contributed by atoms with van der Waals surface area (Å²) in [6.45, 7) is 10.4. The second-order valence-corrected chi connectivity index (χ2v) is 4.34. The SMILES string of the molecule is C=C/C=C\C1=C(C)CN(C)S1=O.CC. The summed E-state index contributed by atoms with van der Waals surface area (Å²) in [5, 5.41) is 0. The van der Waals surface area contributed by atoms with Crippen molar-refractivity contribution in [3.8, 4) is 0 Å². The van der Waals surface area contributed by atoms with E-state index in [1.807, 2.05) is 44.3 Å². The summed E-state index contributed by atoms with van der Waals surface area (Å²) in [6.07, 6.45) is 5.37. The van der Waals surface area contributed by atoms with Crippen molar-refractivity contribution in [2.45, 2.75) is 20.8 Å². The highest BCUT2D eigenvalue weighted by Crippen LogP contribution is 2.21. The maximum Gasteiger partial charge on any atom is 0.127 e. The number of hydrogen-bond donors (Lipinski definition) is 0. The summed E-state index contributed by atoms with van der Waals surface area (Å²) in [6, 6.07) is 0. The van der Waals surface area contributed by atoms with Gasteiger partial charge in [0.15, 0.2) is 0 Å². The van der Waals surface area contributed by atoms with Crippen molar-refractivity contribution in [2.24, 2.45) is 0 Å². The van der Waals surface area contributed by atoms with Gasteiger partial charge in [0.2, 0.25) is 0 Å². The molecule has 0 aromatic heterocycles. The van der Waals surface area contributed by atoms with Gasteiger partial charge in [-0.2, -0.15) is 0 Å². The molecule has 1 heterocycles. The molecule has 1 atom stereocenters. The second-order valence-electron chi connectivity index (χ2n) is 2.77. The van der Waals surface area contributed by atoms with Crippen LogP contribution >= 0.6 is 0 Å². The monoisotopic (exact) mass is 213 g/mol. The predicted molar refractivity (Wildman–Crippen MR) is 64.2 cm³/mol. The molecule has 0 saturated heterocycles. The normalized spacial score (nSPS) is 22.4. The molecule has 0 spiro atoms. The molecule has 0 fully saturated rings. The maximum atomic E-state index is 11.5. The Labute approximate surface area is 89.6 Å². The molecule has 14 heavy (non-hydrogen) atoms. The number of nitrogens with zero attached hydrogens (tertiary/aromatic N) is 1. The minimum absolute atomic E-state index is 0.795. The number of rotatable bonds is 2. The lowest BCUT2D eigenvalue weighted by Crippen LogP contribution is -2.15. The third-order valence-corrected chi connectivity index (χ3v) is 3.29. The summed E-state index contributed by atoms with van der Waals surface area (Å²) in [5.41, 5.74) is 1.17. The molecule has 1 rings (SSSR count). The Morgan fingerprint density at radius 3 is 2.43 bits per heavy atom. The van der Waals surface area contributed by atoms with Crippen LogP contribution in [0.5, 0.6) is 0 Å². The first-order chi connectivity index (χ1) is 6.66. The van der Waals surface area contributed by atoms with Crippen molar-refractivity contribution < 1.29 is 4.21 Å². The average molecular weight is 213 g/mol. The Hall–Kier alpha value is -0.670. The molecule has 0 amide bonds. The smallest absolute Gasteiger partial charge is 0.127 e. The van der Waals surface area contributed by atoms with Gasteiger partial charge in [-0.05, 0) is 18.6 Å². The van der Waals surface area contributed by atoms with Crippen LogP contribution in [0, 0.1) is 0 Å². The van der Waals surface area contributed by atoms with Gasteiger partial charge in [-0.15, -0.1) is 0 Å². The summed E-state index contributed by atoms with van der Waals surface area (Å²) in [5.74, 6) is 0. The highest BCUT2D eigenvalue weighted by atomic mass is 32.2. The van der Waals surface area contributed by atoms with E-state index >= 15 is 0 Å². The molecule has 0 bridgehead atoms. The van der Waals surface area contributed by atoms with Crippen LogP contribution in [0.25, 0.3) is 0 Å². The zero-order valence-electron chi connectivity index (χ0n) is 9.41. The molecular formula is C11H19NOS. The van der Waals surface area contributed by atoms with E-state index in [0.717, 1.165) is 11.4 Å². The first kappa shape index (κ1) is 13.3. The number of likely N-dealkylation sites (N-methyl/N-ethyl adjacent to an activating group) is 1. The van der Waals surface area contributed by atoms with Crippen LogP contribution in [0.2, 0.25) is 0 Å². The first-order valence-electron chi connectivity index (χ1n) is 4.78. The van der Waals surface area contributed by atoms with Crippen molar-refractivity contribution in [3.05, 3.63) is 35.3 Å². The molecule has 0 radical (unpaired) electrons. The molecular weight excluding hydrogens is 194 g/mol. The van der Waals surface area contributed by atoms with Gasteiger partial charge in [0, 0.05) is 13.6 Å². The molecule has 0 aliphatic carbocycles. The molecule has 0 aromatic carbocycles. The Kier molecular flexibility index (Phi) is 6.41. The van der Waals surface area contributed by atoms with E-state index < -0.39 is 11.0 Å². The van der Waals surface area contributed by atoms with Gasteiger partial charge in [-0.3, -0.25) is 0 Å². The van der Waals surface area contributed by atoms with Crippen LogP contribution in [-0.4, -0.2) is 22.1 Å². The molecule has 1 unspecified atom stereocenters. The molecule has 0 aromatic rings. The summed E-state index contributed by atoms with van der Waals surface area (Å²) < 4.78 is 13.3. The van der Waals surface area contributed by atoms with Crippen LogP contribution in [0.3, 0.4) is 0 Å². The summed E-state index contributed by atoms with van der Waals surface area (Å²) >= 11 is 0. The fourth-order valence-corrected chi connectivity index (χ4v) is 2.35. The summed E-state index contributed by atoms with van der Waals surface area (Å²) in [7, 11) is 0.897. The largest absolute Gasteiger partial charge is 0.237 e. The Balaban J connectivity index is 0.000000791. The third-order valence-electron chi connectivity index (χ3n) is 1.74. The van der Waals surface area contributed by atoms with Crippen molar-refractivity contribution in [1.29, 1.82) is 0 Å². The Morgan fingerprint density at radius 2 is 2.07 bits per heavy atom. The fourth-order valence-electron chi connectivity index (χ4n) is 1.14. The van der Waals surface area contributed by atoms with E-state index in [1.165, 1.54) is 5.57 Å². The second kappa shape index (κ2) is 6.74. The predicted octanol–water partition coefficient (Wildman–Crippen LogP) is 2.64. The molecule has 1 aliphatic heterocycles. The van der Waals surface area contributed by atoms with Crippen LogP contribution in [-0.2, 0) is 11.0 Å². The van der Waals surface area contributed by atoms with E-state index in [0.29, 0.717) is 0 Å². The van der Waals surface area contributed by atoms with E-state index in [9.17, 15) is 4.21 Å². The minimum Gasteiger partial charge on any atom is -0.237 e. The standard InChI is InChI=1S/C9H13NOS.C2H6/c1-4-5-6-9-8(2)7-10(3)12(9)11;1-2/h4-6H,1,7H2,2-3H3;1-2H3/b6-5-;. The number of hydrogen-bond acceptors (Lipinski definition) is 1. The molecule has 80 valence electrons. The van der Waals surface area contributed by atoms with E-state index in [4.69, 9.17) is 0 Å². The zero-order valence-corrected chi connectivity index (χ0v) is 10.2. The lowest BCUT2D eigenvalue weighted by Gasteiger charge is -2.04. The topological polar surface area (TPSA) is 20.3 Å².